The fourth-order valence-corrected chi connectivity index (χ4v) is 2.11. The lowest BCUT2D eigenvalue weighted by molar-refractivity contribution is -0.120. The molecular formula is C12H25NO2S. The summed E-state index contributed by atoms with van der Waals surface area (Å²) in [5.74, 6) is 1.24. The van der Waals surface area contributed by atoms with Crippen LogP contribution in [-0.4, -0.2) is 34.7 Å². The first kappa shape index (κ1) is 15.8. The molecule has 0 saturated carbocycles. The van der Waals surface area contributed by atoms with Gasteiger partial charge in [-0.3, -0.25) is 4.79 Å². The predicted molar refractivity (Wildman–Crippen MR) is 70.7 cm³/mol. The van der Waals surface area contributed by atoms with Gasteiger partial charge >= 0.3 is 0 Å². The molecule has 4 heteroatoms. The van der Waals surface area contributed by atoms with Crippen LogP contribution in [0.3, 0.4) is 0 Å². The van der Waals surface area contributed by atoms with Crippen molar-refractivity contribution in [2.75, 3.05) is 12.3 Å². The van der Waals surface area contributed by atoms with Crippen LogP contribution in [0.5, 0.6) is 0 Å². The summed E-state index contributed by atoms with van der Waals surface area (Å²) in [6.07, 6.45) is 1.86. The summed E-state index contributed by atoms with van der Waals surface area (Å²) < 4.78 is 0. The van der Waals surface area contributed by atoms with Gasteiger partial charge in [0.05, 0.1) is 11.4 Å². The molecule has 16 heavy (non-hydrogen) atoms. The van der Waals surface area contributed by atoms with Gasteiger partial charge in [0.15, 0.2) is 0 Å². The molecule has 2 unspecified atom stereocenters. The topological polar surface area (TPSA) is 49.3 Å². The van der Waals surface area contributed by atoms with Crippen LogP contribution in [0.1, 0.15) is 40.5 Å². The Labute approximate surface area is 103 Å². The number of rotatable bonds is 8. The zero-order chi connectivity index (χ0) is 12.6. The smallest absolute Gasteiger partial charge is 0.232 e. The molecule has 0 aromatic heterocycles. The highest BCUT2D eigenvalue weighted by Gasteiger charge is 2.15. The highest BCUT2D eigenvalue weighted by molar-refractivity contribution is 8.00. The normalized spacial score (nSPS) is 14.9. The molecule has 1 amide bonds. The molecule has 0 heterocycles. The summed E-state index contributed by atoms with van der Waals surface area (Å²) in [7, 11) is 0. The number of unbranched alkanes of at least 4 members (excludes halogenated alkanes) is 1. The minimum absolute atomic E-state index is 0.0223. The summed E-state index contributed by atoms with van der Waals surface area (Å²) in [6, 6.07) is 0. The van der Waals surface area contributed by atoms with Gasteiger partial charge in [-0.15, -0.1) is 11.8 Å². The van der Waals surface area contributed by atoms with Crippen LogP contribution in [0.25, 0.3) is 0 Å². The second-order valence-corrected chi connectivity index (χ2v) is 5.87. The van der Waals surface area contributed by atoms with E-state index in [-0.39, 0.29) is 17.1 Å². The van der Waals surface area contributed by atoms with Gasteiger partial charge in [0.25, 0.3) is 0 Å². The average molecular weight is 247 g/mol. The monoisotopic (exact) mass is 247 g/mol. The second kappa shape index (κ2) is 8.88. The van der Waals surface area contributed by atoms with Crippen LogP contribution in [0, 0.1) is 5.92 Å². The number of amides is 1. The molecule has 0 aromatic carbocycles. The van der Waals surface area contributed by atoms with E-state index >= 15 is 0 Å². The number of nitrogens with one attached hydrogen (secondary N) is 1. The Morgan fingerprint density at radius 1 is 1.38 bits per heavy atom. The van der Waals surface area contributed by atoms with E-state index in [9.17, 15) is 9.90 Å². The van der Waals surface area contributed by atoms with Gasteiger partial charge in [0.2, 0.25) is 5.91 Å². The highest BCUT2D eigenvalue weighted by atomic mass is 32.2. The van der Waals surface area contributed by atoms with Crippen molar-refractivity contribution in [2.24, 2.45) is 5.92 Å². The summed E-state index contributed by atoms with van der Waals surface area (Å²) in [4.78, 5) is 11.6. The number of carbonyl (C=O) groups excluding carboxylic acids is 1. The van der Waals surface area contributed by atoms with Crippen molar-refractivity contribution in [1.82, 2.24) is 5.32 Å². The lowest BCUT2D eigenvalue weighted by Gasteiger charge is -2.17. The molecule has 0 radical (unpaired) electrons. The number of hydrogen-bond donors (Lipinski definition) is 2. The van der Waals surface area contributed by atoms with Gasteiger partial charge in [-0.1, -0.05) is 27.2 Å². The van der Waals surface area contributed by atoms with E-state index in [0.29, 0.717) is 6.54 Å². The first-order valence-electron chi connectivity index (χ1n) is 6.06. The van der Waals surface area contributed by atoms with Gasteiger partial charge in [0.1, 0.15) is 0 Å². The van der Waals surface area contributed by atoms with Crippen molar-refractivity contribution in [3.05, 3.63) is 0 Å². The van der Waals surface area contributed by atoms with Crippen molar-refractivity contribution in [2.45, 2.75) is 51.9 Å². The minimum atomic E-state index is -0.447. The quantitative estimate of drug-likeness (QED) is 0.645. The summed E-state index contributed by atoms with van der Waals surface area (Å²) in [5, 5.41) is 12.3. The van der Waals surface area contributed by atoms with Crippen molar-refractivity contribution in [3.63, 3.8) is 0 Å². The first-order chi connectivity index (χ1) is 7.49. The van der Waals surface area contributed by atoms with E-state index in [1.54, 1.807) is 11.8 Å². The summed E-state index contributed by atoms with van der Waals surface area (Å²) in [6.45, 7) is 8.30. The molecule has 96 valence electrons. The lowest BCUT2D eigenvalue weighted by atomic mass is 10.1. The first-order valence-corrected chi connectivity index (χ1v) is 7.11. The molecular weight excluding hydrogens is 222 g/mol. The van der Waals surface area contributed by atoms with Crippen LogP contribution in [0.15, 0.2) is 0 Å². The van der Waals surface area contributed by atoms with Crippen LogP contribution in [-0.2, 0) is 4.79 Å². The SMILES string of the molecule is CCCCSC(C)C(=O)NCC(O)C(C)C. The Balaban J connectivity index is 3.70. The van der Waals surface area contributed by atoms with Gasteiger partial charge in [-0.25, -0.2) is 0 Å². The predicted octanol–water partition coefficient (Wildman–Crippen LogP) is 2.04. The fraction of sp³-hybridized carbons (Fsp3) is 0.917. The Morgan fingerprint density at radius 3 is 2.50 bits per heavy atom. The van der Waals surface area contributed by atoms with Crippen molar-refractivity contribution in [3.8, 4) is 0 Å². The molecule has 2 N–H and O–H groups in total. The van der Waals surface area contributed by atoms with Crippen LogP contribution in [0.4, 0.5) is 0 Å². The van der Waals surface area contributed by atoms with E-state index < -0.39 is 6.10 Å². The summed E-state index contributed by atoms with van der Waals surface area (Å²) in [5.41, 5.74) is 0. The Morgan fingerprint density at radius 2 is 2.00 bits per heavy atom. The maximum absolute atomic E-state index is 11.6. The van der Waals surface area contributed by atoms with Crippen LogP contribution in [0.2, 0.25) is 0 Å². The Hall–Kier alpha value is -0.220. The second-order valence-electron chi connectivity index (χ2n) is 4.42. The maximum atomic E-state index is 11.6. The van der Waals surface area contributed by atoms with Gasteiger partial charge < -0.3 is 10.4 Å². The molecule has 0 aromatic rings. The number of aliphatic hydroxyl groups is 1. The Kier molecular flexibility index (Phi) is 8.76. The third-order valence-electron chi connectivity index (χ3n) is 2.49. The third kappa shape index (κ3) is 7.12. The lowest BCUT2D eigenvalue weighted by Crippen LogP contribution is -2.38. The molecule has 0 rings (SSSR count). The van der Waals surface area contributed by atoms with E-state index in [0.717, 1.165) is 18.6 Å². The molecule has 0 aliphatic rings. The van der Waals surface area contributed by atoms with Crippen molar-refractivity contribution < 1.29 is 9.90 Å². The zero-order valence-electron chi connectivity index (χ0n) is 10.8. The Bertz CT molecular complexity index is 197. The number of hydrogen-bond acceptors (Lipinski definition) is 3. The molecule has 2 atom stereocenters. The largest absolute Gasteiger partial charge is 0.391 e. The standard InChI is InChI=1S/C12H25NO2S/c1-5-6-7-16-10(4)12(15)13-8-11(14)9(2)3/h9-11,14H,5-8H2,1-4H3,(H,13,15). The maximum Gasteiger partial charge on any atom is 0.232 e. The molecule has 0 bridgehead atoms. The van der Waals surface area contributed by atoms with Crippen molar-refractivity contribution in [1.29, 1.82) is 0 Å². The van der Waals surface area contributed by atoms with Gasteiger partial charge in [-0.2, -0.15) is 0 Å². The molecule has 0 fully saturated rings. The number of aliphatic hydroxyl groups excluding tert-OH is 1. The van der Waals surface area contributed by atoms with Gasteiger partial charge in [0, 0.05) is 6.54 Å². The van der Waals surface area contributed by atoms with E-state index in [1.807, 2.05) is 20.8 Å². The van der Waals surface area contributed by atoms with E-state index in [2.05, 4.69) is 12.2 Å². The van der Waals surface area contributed by atoms with Gasteiger partial charge in [-0.05, 0) is 25.0 Å². The number of thioether (sulfide) groups is 1. The fourth-order valence-electron chi connectivity index (χ4n) is 1.06. The summed E-state index contributed by atoms with van der Waals surface area (Å²) >= 11 is 1.68. The number of carbonyl (C=O) groups is 1. The van der Waals surface area contributed by atoms with Crippen LogP contribution >= 0.6 is 11.8 Å². The molecule has 0 aliphatic carbocycles. The molecule has 0 aliphatic heterocycles. The third-order valence-corrected chi connectivity index (χ3v) is 3.73. The molecule has 0 saturated heterocycles. The minimum Gasteiger partial charge on any atom is -0.391 e. The zero-order valence-corrected chi connectivity index (χ0v) is 11.6. The van der Waals surface area contributed by atoms with E-state index in [1.165, 1.54) is 0 Å². The van der Waals surface area contributed by atoms with Crippen molar-refractivity contribution >= 4 is 17.7 Å². The average Bonchev–Trinajstić information content (AvgIpc) is 2.25. The highest BCUT2D eigenvalue weighted by Crippen LogP contribution is 2.12. The van der Waals surface area contributed by atoms with Crippen LogP contribution < -0.4 is 5.32 Å². The molecule has 3 nitrogen and oxygen atoms in total. The molecule has 0 spiro atoms. The van der Waals surface area contributed by atoms with E-state index in [4.69, 9.17) is 0 Å².